The van der Waals surface area contributed by atoms with Crippen LogP contribution in [-0.2, 0) is 0 Å². The van der Waals surface area contributed by atoms with Gasteiger partial charge in [-0.25, -0.2) is 0 Å². The average molecular weight is 282 g/mol. The molecule has 1 aromatic rings. The number of amides is 1. The lowest BCUT2D eigenvalue weighted by atomic mass is 9.96. The highest BCUT2D eigenvalue weighted by Gasteiger charge is 2.24. The molecule has 2 heterocycles. The van der Waals surface area contributed by atoms with Crippen molar-refractivity contribution in [3.63, 3.8) is 0 Å². The molecule has 0 radical (unpaired) electrons. The fourth-order valence-corrected chi connectivity index (χ4v) is 2.61. The fraction of sp³-hybridized carbons (Fsp3) is 0.571. The molecule has 0 aliphatic carbocycles. The fourth-order valence-electron chi connectivity index (χ4n) is 2.41. The van der Waals surface area contributed by atoms with Gasteiger partial charge in [-0.2, -0.15) is 0 Å². The molecule has 1 fully saturated rings. The number of aromatic nitrogens is 1. The van der Waals surface area contributed by atoms with Crippen LogP contribution in [0.3, 0.4) is 0 Å². The molecule has 1 aliphatic rings. The molecular formula is C14H20ClN3O. The number of nitrogens with one attached hydrogen (secondary N) is 1. The number of pyridine rings is 1. The second kappa shape index (κ2) is 6.87. The zero-order valence-electron chi connectivity index (χ0n) is 11.2. The van der Waals surface area contributed by atoms with E-state index >= 15 is 0 Å². The Labute approximate surface area is 119 Å². The van der Waals surface area contributed by atoms with Gasteiger partial charge in [0.25, 0.3) is 5.91 Å². The van der Waals surface area contributed by atoms with E-state index in [0.29, 0.717) is 16.5 Å². The molecule has 1 N–H and O–H groups in total. The monoisotopic (exact) mass is 281 g/mol. The van der Waals surface area contributed by atoms with Crippen LogP contribution in [0.2, 0.25) is 5.02 Å². The highest BCUT2D eigenvalue weighted by molar-refractivity contribution is 6.33. The Morgan fingerprint density at radius 2 is 2.26 bits per heavy atom. The van der Waals surface area contributed by atoms with Crippen LogP contribution in [0, 0.1) is 5.92 Å². The molecule has 5 heteroatoms. The maximum Gasteiger partial charge on any atom is 0.255 e. The van der Waals surface area contributed by atoms with Gasteiger partial charge in [0.15, 0.2) is 0 Å². The minimum absolute atomic E-state index is 0.0225. The van der Waals surface area contributed by atoms with E-state index in [4.69, 9.17) is 11.6 Å². The van der Waals surface area contributed by atoms with Crippen LogP contribution in [-0.4, -0.2) is 42.0 Å². The summed E-state index contributed by atoms with van der Waals surface area (Å²) < 4.78 is 0. The number of nitrogens with zero attached hydrogens (tertiary/aromatic N) is 2. The Bertz CT molecular complexity index is 430. The first-order valence-corrected chi connectivity index (χ1v) is 7.19. The molecule has 1 amide bonds. The number of hydrogen-bond acceptors (Lipinski definition) is 3. The first-order valence-electron chi connectivity index (χ1n) is 6.82. The molecule has 4 nitrogen and oxygen atoms in total. The minimum atomic E-state index is 0.0225. The second-order valence-corrected chi connectivity index (χ2v) is 5.31. The van der Waals surface area contributed by atoms with Crippen molar-refractivity contribution in [1.29, 1.82) is 0 Å². The molecule has 0 bridgehead atoms. The van der Waals surface area contributed by atoms with Crippen LogP contribution in [0.25, 0.3) is 0 Å². The van der Waals surface area contributed by atoms with E-state index in [2.05, 4.69) is 17.2 Å². The van der Waals surface area contributed by atoms with Crippen LogP contribution in [0.15, 0.2) is 18.5 Å². The van der Waals surface area contributed by atoms with E-state index < -0.39 is 0 Å². The molecule has 0 atom stereocenters. The van der Waals surface area contributed by atoms with Crippen LogP contribution in [0.5, 0.6) is 0 Å². The standard InChI is InChI=1S/C14H20ClN3O/c1-2-16-9-11-4-7-18(8-5-11)14(19)12-3-6-17-10-13(12)15/h3,6,10-11,16H,2,4-5,7-9H2,1H3. The van der Waals surface area contributed by atoms with Crippen molar-refractivity contribution in [1.82, 2.24) is 15.2 Å². The zero-order valence-corrected chi connectivity index (χ0v) is 12.0. The summed E-state index contributed by atoms with van der Waals surface area (Å²) in [6.07, 6.45) is 5.24. The van der Waals surface area contributed by atoms with Crippen LogP contribution < -0.4 is 5.32 Å². The van der Waals surface area contributed by atoms with Gasteiger partial charge < -0.3 is 10.2 Å². The van der Waals surface area contributed by atoms with Crippen molar-refractivity contribution in [3.8, 4) is 0 Å². The van der Waals surface area contributed by atoms with Gasteiger partial charge in [-0.15, -0.1) is 0 Å². The highest BCUT2D eigenvalue weighted by atomic mass is 35.5. The Morgan fingerprint density at radius 3 is 2.89 bits per heavy atom. The summed E-state index contributed by atoms with van der Waals surface area (Å²) in [6, 6.07) is 1.69. The van der Waals surface area contributed by atoms with Crippen molar-refractivity contribution >= 4 is 17.5 Å². The third kappa shape index (κ3) is 3.67. The Hall–Kier alpha value is -1.13. The number of hydrogen-bond donors (Lipinski definition) is 1. The van der Waals surface area contributed by atoms with Crippen LogP contribution in [0.4, 0.5) is 0 Å². The topological polar surface area (TPSA) is 45.2 Å². The summed E-state index contributed by atoms with van der Waals surface area (Å²) in [5.74, 6) is 0.700. The molecule has 1 aliphatic heterocycles. The van der Waals surface area contributed by atoms with Crippen molar-refractivity contribution in [3.05, 3.63) is 29.0 Å². The molecular weight excluding hydrogens is 262 g/mol. The molecule has 0 spiro atoms. The van der Waals surface area contributed by atoms with Gasteiger partial charge in [0.1, 0.15) is 0 Å². The molecule has 0 unspecified atom stereocenters. The second-order valence-electron chi connectivity index (χ2n) is 4.90. The first kappa shape index (κ1) is 14.3. The minimum Gasteiger partial charge on any atom is -0.339 e. The normalized spacial score (nSPS) is 16.6. The van der Waals surface area contributed by atoms with E-state index in [1.807, 2.05) is 4.90 Å². The predicted molar refractivity (Wildman–Crippen MR) is 76.4 cm³/mol. The van der Waals surface area contributed by atoms with Crippen LogP contribution in [0.1, 0.15) is 30.1 Å². The maximum absolute atomic E-state index is 12.3. The Balaban J connectivity index is 1.91. The smallest absolute Gasteiger partial charge is 0.255 e. The van der Waals surface area contributed by atoms with E-state index in [0.717, 1.165) is 39.0 Å². The molecule has 1 aromatic heterocycles. The van der Waals surface area contributed by atoms with E-state index in [1.54, 1.807) is 12.3 Å². The van der Waals surface area contributed by atoms with Gasteiger partial charge in [0.05, 0.1) is 10.6 Å². The highest BCUT2D eigenvalue weighted by Crippen LogP contribution is 2.21. The summed E-state index contributed by atoms with van der Waals surface area (Å²) >= 11 is 6.02. The van der Waals surface area contributed by atoms with Gasteiger partial charge in [-0.3, -0.25) is 9.78 Å². The molecule has 1 saturated heterocycles. The largest absolute Gasteiger partial charge is 0.339 e. The number of piperidine rings is 1. The number of rotatable bonds is 4. The van der Waals surface area contributed by atoms with Crippen molar-refractivity contribution in [2.75, 3.05) is 26.2 Å². The van der Waals surface area contributed by atoms with Crippen molar-refractivity contribution < 1.29 is 4.79 Å². The Morgan fingerprint density at radius 1 is 1.53 bits per heavy atom. The predicted octanol–water partition coefficient (Wildman–Crippen LogP) is 2.20. The number of carbonyl (C=O) groups excluding carboxylic acids is 1. The summed E-state index contributed by atoms with van der Waals surface area (Å²) in [4.78, 5) is 18.1. The quantitative estimate of drug-likeness (QED) is 0.920. The third-order valence-electron chi connectivity index (χ3n) is 3.59. The number of likely N-dealkylation sites (tertiary alicyclic amines) is 1. The van der Waals surface area contributed by atoms with Crippen molar-refractivity contribution in [2.45, 2.75) is 19.8 Å². The summed E-state index contributed by atoms with van der Waals surface area (Å²) in [6.45, 7) is 5.80. The van der Waals surface area contributed by atoms with E-state index in [9.17, 15) is 4.79 Å². The molecule has 0 saturated carbocycles. The van der Waals surface area contributed by atoms with Crippen LogP contribution >= 0.6 is 11.6 Å². The summed E-state index contributed by atoms with van der Waals surface area (Å²) in [7, 11) is 0. The summed E-state index contributed by atoms with van der Waals surface area (Å²) in [5.41, 5.74) is 0.557. The Kier molecular flexibility index (Phi) is 5.16. The van der Waals surface area contributed by atoms with Gasteiger partial charge in [0, 0.05) is 25.5 Å². The zero-order chi connectivity index (χ0) is 13.7. The average Bonchev–Trinajstić information content (AvgIpc) is 2.45. The van der Waals surface area contributed by atoms with E-state index in [1.165, 1.54) is 6.20 Å². The molecule has 0 aromatic carbocycles. The van der Waals surface area contributed by atoms with Crippen molar-refractivity contribution in [2.24, 2.45) is 5.92 Å². The first-order chi connectivity index (χ1) is 9.22. The van der Waals surface area contributed by atoms with Gasteiger partial charge in [-0.05, 0) is 37.9 Å². The molecule has 19 heavy (non-hydrogen) atoms. The third-order valence-corrected chi connectivity index (χ3v) is 3.89. The molecule has 2 rings (SSSR count). The summed E-state index contributed by atoms with van der Waals surface area (Å²) in [5, 5.41) is 3.80. The SMILES string of the molecule is CCNCC1CCN(C(=O)c2ccncc2Cl)CC1. The lowest BCUT2D eigenvalue weighted by Crippen LogP contribution is -2.40. The lowest BCUT2D eigenvalue weighted by molar-refractivity contribution is 0.0690. The molecule has 104 valence electrons. The maximum atomic E-state index is 12.3. The van der Waals surface area contributed by atoms with Gasteiger partial charge >= 0.3 is 0 Å². The number of halogens is 1. The van der Waals surface area contributed by atoms with Gasteiger partial charge in [0.2, 0.25) is 0 Å². The number of carbonyl (C=O) groups is 1. The lowest BCUT2D eigenvalue weighted by Gasteiger charge is -2.32. The van der Waals surface area contributed by atoms with E-state index in [-0.39, 0.29) is 5.91 Å². The van der Waals surface area contributed by atoms with Gasteiger partial charge in [-0.1, -0.05) is 18.5 Å².